The van der Waals surface area contributed by atoms with Crippen molar-refractivity contribution in [1.29, 1.82) is 0 Å². The molecular formula is C16H24F2. The second-order valence-corrected chi connectivity index (χ2v) is 4.76. The van der Waals surface area contributed by atoms with Gasteiger partial charge in [0.05, 0.1) is 0 Å². The molecule has 0 spiro atoms. The van der Waals surface area contributed by atoms with Crippen LogP contribution in [0.4, 0.5) is 8.78 Å². The van der Waals surface area contributed by atoms with Crippen LogP contribution in [-0.4, -0.2) is 0 Å². The highest BCUT2D eigenvalue weighted by Crippen LogP contribution is 2.38. The van der Waals surface area contributed by atoms with E-state index in [1.54, 1.807) is 0 Å². The van der Waals surface area contributed by atoms with E-state index in [2.05, 4.69) is 6.92 Å². The molecule has 0 saturated heterocycles. The summed E-state index contributed by atoms with van der Waals surface area (Å²) in [6, 6.07) is 4.17. The normalized spacial score (nSPS) is 23.2. The molecule has 0 radical (unpaired) electrons. The van der Waals surface area contributed by atoms with Crippen molar-refractivity contribution in [1.82, 2.24) is 0 Å². The minimum Gasteiger partial charge on any atom is -0.207 e. The van der Waals surface area contributed by atoms with E-state index < -0.39 is 0 Å². The van der Waals surface area contributed by atoms with Gasteiger partial charge in [-0.25, -0.2) is 8.78 Å². The van der Waals surface area contributed by atoms with Crippen LogP contribution >= 0.6 is 0 Å². The van der Waals surface area contributed by atoms with Crippen LogP contribution in [-0.2, 0) is 0 Å². The second kappa shape index (κ2) is 7.50. The third-order valence-corrected chi connectivity index (χ3v) is 3.83. The lowest BCUT2D eigenvalue weighted by Gasteiger charge is -2.28. The summed E-state index contributed by atoms with van der Waals surface area (Å²) in [5, 5.41) is 0. The fraction of sp³-hybridized carbons (Fsp3) is 0.625. The zero-order valence-electron chi connectivity index (χ0n) is 11.7. The first-order chi connectivity index (χ1) is 8.72. The van der Waals surface area contributed by atoms with Crippen LogP contribution in [0.3, 0.4) is 0 Å². The van der Waals surface area contributed by atoms with Crippen LogP contribution in [0, 0.1) is 17.6 Å². The van der Waals surface area contributed by atoms with Crippen molar-refractivity contribution >= 4 is 0 Å². The molecule has 1 saturated carbocycles. The summed E-state index contributed by atoms with van der Waals surface area (Å²) in [5.41, 5.74) is 0.317. The molecule has 0 unspecified atom stereocenters. The van der Waals surface area contributed by atoms with Crippen molar-refractivity contribution in [2.45, 2.75) is 58.8 Å². The van der Waals surface area contributed by atoms with Crippen molar-refractivity contribution in [2.75, 3.05) is 0 Å². The Morgan fingerprint density at radius 3 is 1.94 bits per heavy atom. The van der Waals surface area contributed by atoms with Crippen LogP contribution < -0.4 is 0 Å². The summed E-state index contributed by atoms with van der Waals surface area (Å²) in [4.78, 5) is 0. The van der Waals surface area contributed by atoms with Crippen LogP contribution in [0.1, 0.15) is 64.4 Å². The van der Waals surface area contributed by atoms with Gasteiger partial charge in [0, 0.05) is 5.56 Å². The van der Waals surface area contributed by atoms with Gasteiger partial charge in [0.2, 0.25) is 0 Å². The Morgan fingerprint density at radius 1 is 1.00 bits per heavy atom. The molecule has 0 nitrogen and oxygen atoms in total. The molecule has 0 amide bonds. The molecule has 1 aromatic carbocycles. The molecule has 0 N–H and O–H groups in total. The summed E-state index contributed by atoms with van der Waals surface area (Å²) in [7, 11) is 0. The third-order valence-electron chi connectivity index (χ3n) is 3.83. The van der Waals surface area contributed by atoms with Gasteiger partial charge in [0.1, 0.15) is 11.6 Å². The van der Waals surface area contributed by atoms with Crippen molar-refractivity contribution in [3.63, 3.8) is 0 Å². The molecule has 1 aromatic rings. The molecule has 0 atom stereocenters. The number of halogens is 2. The van der Waals surface area contributed by atoms with Gasteiger partial charge in [0.25, 0.3) is 0 Å². The first kappa shape index (κ1) is 15.1. The maximum Gasteiger partial charge on any atom is 0.129 e. The molecule has 0 bridgehead atoms. The maximum atomic E-state index is 13.6. The molecule has 1 aliphatic rings. The van der Waals surface area contributed by atoms with E-state index in [0.29, 0.717) is 5.56 Å². The average molecular weight is 254 g/mol. The van der Waals surface area contributed by atoms with E-state index in [1.807, 2.05) is 13.8 Å². The molecule has 1 aliphatic carbocycles. The molecule has 2 heteroatoms. The molecule has 0 aromatic heterocycles. The fourth-order valence-electron chi connectivity index (χ4n) is 2.76. The highest BCUT2D eigenvalue weighted by molar-refractivity contribution is 5.24. The zero-order chi connectivity index (χ0) is 13.5. The Balaban J connectivity index is 0.000000771. The quantitative estimate of drug-likeness (QED) is 0.637. The van der Waals surface area contributed by atoms with Gasteiger partial charge in [-0.2, -0.15) is 0 Å². The lowest BCUT2D eigenvalue weighted by Crippen LogP contribution is -2.14. The van der Waals surface area contributed by atoms with Crippen LogP contribution in [0.5, 0.6) is 0 Å². The monoisotopic (exact) mass is 254 g/mol. The van der Waals surface area contributed by atoms with E-state index in [4.69, 9.17) is 0 Å². The number of hydrogen-bond acceptors (Lipinski definition) is 0. The Morgan fingerprint density at radius 2 is 1.50 bits per heavy atom. The van der Waals surface area contributed by atoms with Gasteiger partial charge in [-0.3, -0.25) is 0 Å². The smallest absolute Gasteiger partial charge is 0.129 e. The summed E-state index contributed by atoms with van der Waals surface area (Å²) in [5.74, 6) is 0.0926. The van der Waals surface area contributed by atoms with Gasteiger partial charge in [-0.1, -0.05) is 33.3 Å². The molecule has 0 heterocycles. The van der Waals surface area contributed by atoms with Crippen molar-refractivity contribution < 1.29 is 8.78 Å². The van der Waals surface area contributed by atoms with Gasteiger partial charge in [-0.15, -0.1) is 0 Å². The number of hydrogen-bond donors (Lipinski definition) is 0. The van der Waals surface area contributed by atoms with Crippen LogP contribution in [0.15, 0.2) is 18.2 Å². The standard InChI is InChI=1S/C14H18F2.C2H6/c1-2-10-6-8-11(9-7-10)14-12(15)4-3-5-13(14)16;1-2/h3-5,10-11H,2,6-9H2,1H3;1-2H3. The largest absolute Gasteiger partial charge is 0.207 e. The minimum atomic E-state index is -0.375. The SMILES string of the molecule is CC.CCC1CCC(c2c(F)cccc2F)CC1. The summed E-state index contributed by atoms with van der Waals surface area (Å²) in [6.45, 7) is 6.19. The molecule has 0 aliphatic heterocycles. The molecule has 18 heavy (non-hydrogen) atoms. The van der Waals surface area contributed by atoms with E-state index in [9.17, 15) is 8.78 Å². The van der Waals surface area contributed by atoms with E-state index in [0.717, 1.165) is 31.6 Å². The third kappa shape index (κ3) is 3.54. The topological polar surface area (TPSA) is 0 Å². The van der Waals surface area contributed by atoms with E-state index in [-0.39, 0.29) is 17.6 Å². The Kier molecular flexibility index (Phi) is 6.31. The first-order valence-electron chi connectivity index (χ1n) is 7.16. The summed E-state index contributed by atoms with van der Waals surface area (Å²) >= 11 is 0. The van der Waals surface area contributed by atoms with Crippen molar-refractivity contribution in [3.8, 4) is 0 Å². The van der Waals surface area contributed by atoms with Crippen molar-refractivity contribution in [2.24, 2.45) is 5.92 Å². The lowest BCUT2D eigenvalue weighted by atomic mass is 9.77. The van der Waals surface area contributed by atoms with Gasteiger partial charge < -0.3 is 0 Å². The predicted octanol–water partition coefficient (Wildman–Crippen LogP) is 5.67. The van der Waals surface area contributed by atoms with Crippen molar-refractivity contribution in [3.05, 3.63) is 35.4 Å². The van der Waals surface area contributed by atoms with E-state index >= 15 is 0 Å². The number of benzene rings is 1. The van der Waals surface area contributed by atoms with Gasteiger partial charge in [0.15, 0.2) is 0 Å². The maximum absolute atomic E-state index is 13.6. The predicted molar refractivity (Wildman–Crippen MR) is 72.7 cm³/mol. The Hall–Kier alpha value is -0.920. The molecular weight excluding hydrogens is 230 g/mol. The van der Waals surface area contributed by atoms with Crippen LogP contribution in [0.2, 0.25) is 0 Å². The summed E-state index contributed by atoms with van der Waals surface area (Å²) < 4.78 is 27.1. The Bertz CT molecular complexity index is 332. The minimum absolute atomic E-state index is 0.0870. The zero-order valence-corrected chi connectivity index (χ0v) is 11.7. The lowest BCUT2D eigenvalue weighted by molar-refractivity contribution is 0.309. The molecule has 2 rings (SSSR count). The fourth-order valence-corrected chi connectivity index (χ4v) is 2.76. The van der Waals surface area contributed by atoms with E-state index in [1.165, 1.54) is 24.6 Å². The first-order valence-corrected chi connectivity index (χ1v) is 7.16. The average Bonchev–Trinajstić information content (AvgIpc) is 2.41. The summed E-state index contributed by atoms with van der Waals surface area (Å²) in [6.07, 6.45) is 5.25. The molecule has 102 valence electrons. The highest BCUT2D eigenvalue weighted by atomic mass is 19.1. The second-order valence-electron chi connectivity index (χ2n) is 4.76. The highest BCUT2D eigenvalue weighted by Gasteiger charge is 2.25. The number of rotatable bonds is 2. The van der Waals surface area contributed by atoms with Gasteiger partial charge in [-0.05, 0) is 49.7 Å². The van der Waals surface area contributed by atoms with Crippen LogP contribution in [0.25, 0.3) is 0 Å². The molecule has 1 fully saturated rings. The van der Waals surface area contributed by atoms with Gasteiger partial charge >= 0.3 is 0 Å². The Labute approximate surface area is 109 Å².